The van der Waals surface area contributed by atoms with Crippen LogP contribution in [0.25, 0.3) is 0 Å². The van der Waals surface area contributed by atoms with E-state index in [0.717, 1.165) is 19.4 Å². The van der Waals surface area contributed by atoms with Crippen LogP contribution in [0.3, 0.4) is 0 Å². The van der Waals surface area contributed by atoms with Crippen molar-refractivity contribution in [3.8, 4) is 0 Å². The number of nitrogens with zero attached hydrogens (tertiary/aromatic N) is 1. The zero-order valence-electron chi connectivity index (χ0n) is 12.5. The molecule has 0 radical (unpaired) electrons. The van der Waals surface area contributed by atoms with Crippen LogP contribution in [0.1, 0.15) is 32.6 Å². The van der Waals surface area contributed by atoms with Gasteiger partial charge >= 0.3 is 12.0 Å². The smallest absolute Gasteiger partial charge is 0.326 e. The predicted molar refractivity (Wildman–Crippen MR) is 76.6 cm³/mol. The molecule has 120 valence electrons. The minimum absolute atomic E-state index is 0.0120. The molecule has 0 spiro atoms. The lowest BCUT2D eigenvalue weighted by Gasteiger charge is -2.35. The number of urea groups is 1. The monoisotopic (exact) mass is 300 g/mol. The number of aliphatic carboxylic acids is 1. The highest BCUT2D eigenvalue weighted by atomic mass is 16.4. The number of hydrogen-bond acceptors (Lipinski definition) is 4. The van der Waals surface area contributed by atoms with Gasteiger partial charge in [0, 0.05) is 25.0 Å². The fourth-order valence-electron chi connectivity index (χ4n) is 2.35. The summed E-state index contributed by atoms with van der Waals surface area (Å²) in [5, 5.41) is 14.2. The maximum atomic E-state index is 11.8. The van der Waals surface area contributed by atoms with Gasteiger partial charge in [0.15, 0.2) is 0 Å². The summed E-state index contributed by atoms with van der Waals surface area (Å²) < 4.78 is 0. The third kappa shape index (κ3) is 5.99. The summed E-state index contributed by atoms with van der Waals surface area (Å²) in [6.07, 6.45) is 1.56. The average molecular weight is 300 g/mol. The van der Waals surface area contributed by atoms with E-state index in [1.165, 1.54) is 0 Å². The Morgan fingerprint density at radius 1 is 1.43 bits per heavy atom. The Bertz CT molecular complexity index is 402. The maximum absolute atomic E-state index is 11.8. The predicted octanol–water partition coefficient (Wildman–Crippen LogP) is -0.513. The van der Waals surface area contributed by atoms with Crippen molar-refractivity contribution < 1.29 is 19.5 Å². The van der Waals surface area contributed by atoms with Gasteiger partial charge in [-0.15, -0.1) is 0 Å². The lowest BCUT2D eigenvalue weighted by Crippen LogP contribution is -2.53. The van der Waals surface area contributed by atoms with Crippen LogP contribution in [0, 0.1) is 0 Å². The molecule has 3 atom stereocenters. The van der Waals surface area contributed by atoms with E-state index in [-0.39, 0.29) is 18.9 Å². The minimum atomic E-state index is -1.18. The van der Waals surface area contributed by atoms with E-state index >= 15 is 0 Å². The first kappa shape index (κ1) is 17.2. The fraction of sp³-hybridized carbons (Fsp3) is 0.769. The largest absolute Gasteiger partial charge is 0.480 e. The van der Waals surface area contributed by atoms with Crippen LogP contribution in [0.4, 0.5) is 4.79 Å². The second-order valence-corrected chi connectivity index (χ2v) is 5.56. The molecule has 1 aliphatic rings. The van der Waals surface area contributed by atoms with Crippen LogP contribution in [0.15, 0.2) is 0 Å². The van der Waals surface area contributed by atoms with Gasteiger partial charge in [0.25, 0.3) is 0 Å². The number of nitrogens with one attached hydrogen (secondary N) is 2. The van der Waals surface area contributed by atoms with Gasteiger partial charge in [-0.05, 0) is 33.2 Å². The number of carbonyl (C=O) groups excluding carboxylic acids is 2. The number of amides is 3. The molecule has 5 N–H and O–H groups in total. The van der Waals surface area contributed by atoms with Crippen LogP contribution in [-0.2, 0) is 9.59 Å². The van der Waals surface area contributed by atoms with Gasteiger partial charge in [-0.2, -0.15) is 0 Å². The van der Waals surface area contributed by atoms with E-state index in [0.29, 0.717) is 6.04 Å². The summed E-state index contributed by atoms with van der Waals surface area (Å²) in [5.74, 6) is -1.77. The summed E-state index contributed by atoms with van der Waals surface area (Å²) in [5.41, 5.74) is 4.98. The molecule has 0 aromatic carbocycles. The molecule has 0 aliphatic carbocycles. The van der Waals surface area contributed by atoms with E-state index in [1.807, 2.05) is 7.05 Å². The van der Waals surface area contributed by atoms with Crippen LogP contribution in [0.2, 0.25) is 0 Å². The molecule has 1 aliphatic heterocycles. The number of likely N-dealkylation sites (tertiary alicyclic amines) is 1. The van der Waals surface area contributed by atoms with Crippen molar-refractivity contribution in [1.82, 2.24) is 15.5 Å². The number of piperidine rings is 1. The Morgan fingerprint density at radius 2 is 2.10 bits per heavy atom. The van der Waals surface area contributed by atoms with Gasteiger partial charge in [-0.3, -0.25) is 4.79 Å². The van der Waals surface area contributed by atoms with Crippen molar-refractivity contribution in [2.24, 2.45) is 5.73 Å². The highest BCUT2D eigenvalue weighted by molar-refractivity contribution is 5.83. The van der Waals surface area contributed by atoms with Crippen molar-refractivity contribution in [2.75, 3.05) is 13.6 Å². The Hall–Kier alpha value is -1.83. The topological polar surface area (TPSA) is 125 Å². The molecule has 0 saturated carbocycles. The van der Waals surface area contributed by atoms with Crippen LogP contribution >= 0.6 is 0 Å². The molecule has 21 heavy (non-hydrogen) atoms. The van der Waals surface area contributed by atoms with Crippen molar-refractivity contribution in [1.29, 1.82) is 0 Å². The summed E-state index contributed by atoms with van der Waals surface area (Å²) in [7, 11) is 2.03. The Labute approximate surface area is 124 Å². The van der Waals surface area contributed by atoms with Gasteiger partial charge in [0.2, 0.25) is 5.91 Å². The number of nitrogens with two attached hydrogens (primary N) is 1. The van der Waals surface area contributed by atoms with Gasteiger partial charge < -0.3 is 26.4 Å². The first-order valence-electron chi connectivity index (χ1n) is 7.08. The lowest BCUT2D eigenvalue weighted by molar-refractivity contribution is -0.139. The van der Waals surface area contributed by atoms with Gasteiger partial charge in [-0.1, -0.05) is 0 Å². The molecular formula is C13H24N4O4. The third-order valence-corrected chi connectivity index (χ3v) is 3.83. The molecule has 0 aromatic heterocycles. The third-order valence-electron chi connectivity index (χ3n) is 3.83. The number of rotatable bonds is 6. The molecule has 8 nitrogen and oxygen atoms in total. The second-order valence-electron chi connectivity index (χ2n) is 5.56. The van der Waals surface area contributed by atoms with E-state index < -0.39 is 23.9 Å². The first-order valence-corrected chi connectivity index (χ1v) is 7.08. The zero-order valence-corrected chi connectivity index (χ0v) is 12.5. The SMILES string of the molecule is CC1CC(NC(=O)NC(CCC(N)=O)C(=O)O)CCN1C. The Morgan fingerprint density at radius 3 is 2.62 bits per heavy atom. The number of carboxylic acid groups (broad SMARTS) is 1. The molecule has 1 rings (SSSR count). The normalized spacial score (nSPS) is 24.1. The van der Waals surface area contributed by atoms with E-state index in [1.54, 1.807) is 0 Å². The van der Waals surface area contributed by atoms with Crippen molar-refractivity contribution in [3.05, 3.63) is 0 Å². The molecular weight excluding hydrogens is 276 g/mol. The van der Waals surface area contributed by atoms with Crippen LogP contribution < -0.4 is 16.4 Å². The number of carbonyl (C=O) groups is 3. The Balaban J connectivity index is 2.43. The molecule has 8 heteroatoms. The fourth-order valence-corrected chi connectivity index (χ4v) is 2.35. The first-order chi connectivity index (χ1) is 9.79. The summed E-state index contributed by atoms with van der Waals surface area (Å²) >= 11 is 0. The zero-order chi connectivity index (χ0) is 16.0. The molecule has 3 amide bonds. The molecule has 1 saturated heterocycles. The van der Waals surface area contributed by atoms with Gasteiger partial charge in [0.1, 0.15) is 6.04 Å². The molecule has 1 heterocycles. The minimum Gasteiger partial charge on any atom is -0.480 e. The van der Waals surface area contributed by atoms with Crippen molar-refractivity contribution >= 4 is 17.9 Å². The quantitative estimate of drug-likeness (QED) is 0.525. The highest BCUT2D eigenvalue weighted by Gasteiger charge is 2.26. The number of hydrogen-bond donors (Lipinski definition) is 4. The standard InChI is InChI=1S/C13H24N4O4/c1-8-7-9(5-6-17(8)2)15-13(21)16-10(12(19)20)3-4-11(14)18/h8-10H,3-7H2,1-2H3,(H2,14,18)(H,19,20)(H2,15,16,21). The summed E-state index contributed by atoms with van der Waals surface area (Å²) in [4.78, 5) is 35.8. The molecule has 0 bridgehead atoms. The highest BCUT2D eigenvalue weighted by Crippen LogP contribution is 2.15. The molecule has 1 fully saturated rings. The lowest BCUT2D eigenvalue weighted by atomic mass is 9.99. The Kier molecular flexibility index (Phi) is 6.41. The van der Waals surface area contributed by atoms with Crippen molar-refractivity contribution in [3.63, 3.8) is 0 Å². The van der Waals surface area contributed by atoms with E-state index in [4.69, 9.17) is 10.8 Å². The summed E-state index contributed by atoms with van der Waals surface area (Å²) in [6, 6.07) is -1.23. The average Bonchev–Trinajstić information content (AvgIpc) is 2.38. The van der Waals surface area contributed by atoms with E-state index in [2.05, 4.69) is 22.5 Å². The van der Waals surface area contributed by atoms with Crippen molar-refractivity contribution in [2.45, 2.75) is 50.7 Å². The van der Waals surface area contributed by atoms with Crippen LogP contribution in [-0.4, -0.2) is 59.6 Å². The van der Waals surface area contributed by atoms with Gasteiger partial charge in [-0.25, -0.2) is 9.59 Å². The van der Waals surface area contributed by atoms with E-state index in [9.17, 15) is 14.4 Å². The van der Waals surface area contributed by atoms with Gasteiger partial charge in [0.05, 0.1) is 0 Å². The second kappa shape index (κ2) is 7.82. The number of carboxylic acids is 1. The molecule has 3 unspecified atom stereocenters. The number of primary amides is 1. The summed E-state index contributed by atoms with van der Waals surface area (Å²) in [6.45, 7) is 2.97. The molecule has 0 aromatic rings. The maximum Gasteiger partial charge on any atom is 0.326 e. The van der Waals surface area contributed by atoms with Crippen LogP contribution in [0.5, 0.6) is 0 Å².